The van der Waals surface area contributed by atoms with Crippen molar-refractivity contribution in [2.45, 2.75) is 37.6 Å². The van der Waals surface area contributed by atoms with Gasteiger partial charge in [-0.25, -0.2) is 4.39 Å². The smallest absolute Gasteiger partial charge is 0.231 e. The lowest BCUT2D eigenvalue weighted by molar-refractivity contribution is -0.127. The highest BCUT2D eigenvalue weighted by atomic mass is 19.1. The third-order valence-electron chi connectivity index (χ3n) is 7.21. The van der Waals surface area contributed by atoms with Crippen molar-refractivity contribution in [2.24, 2.45) is 5.92 Å². The summed E-state index contributed by atoms with van der Waals surface area (Å²) in [5, 5.41) is 3.27. The molecule has 2 aromatic rings. The molecule has 3 aliphatic rings. The average molecular weight is 455 g/mol. The number of fused-ring (bicyclic) bond motifs is 1. The van der Waals surface area contributed by atoms with E-state index in [2.05, 4.69) is 22.3 Å². The number of likely N-dealkylation sites (tertiary alicyclic amines) is 1. The molecule has 1 amide bonds. The molecule has 6 nitrogen and oxygen atoms in total. The number of nitrogens with one attached hydrogen (secondary N) is 1. The van der Waals surface area contributed by atoms with Crippen molar-refractivity contribution >= 4 is 5.91 Å². The number of hydrogen-bond donors (Lipinski definition) is 1. The molecule has 33 heavy (non-hydrogen) atoms. The second-order valence-electron chi connectivity index (χ2n) is 9.38. The van der Waals surface area contributed by atoms with Crippen molar-refractivity contribution < 1.29 is 23.4 Å². The summed E-state index contributed by atoms with van der Waals surface area (Å²) in [6, 6.07) is 12.8. The van der Waals surface area contributed by atoms with Gasteiger partial charge in [-0.05, 0) is 67.6 Å². The van der Waals surface area contributed by atoms with Gasteiger partial charge in [-0.15, -0.1) is 0 Å². The van der Waals surface area contributed by atoms with Crippen LogP contribution in [0, 0.1) is 11.7 Å². The monoisotopic (exact) mass is 454 g/mol. The summed E-state index contributed by atoms with van der Waals surface area (Å²) in [5.74, 6) is 1.37. The summed E-state index contributed by atoms with van der Waals surface area (Å²) in [4.78, 5) is 15.4. The predicted octanol–water partition coefficient (Wildman–Crippen LogP) is 3.63. The molecule has 5 rings (SSSR count). The van der Waals surface area contributed by atoms with E-state index in [-0.39, 0.29) is 29.9 Å². The predicted molar refractivity (Wildman–Crippen MR) is 122 cm³/mol. The van der Waals surface area contributed by atoms with Crippen LogP contribution in [0.1, 0.15) is 36.8 Å². The van der Waals surface area contributed by atoms with Crippen molar-refractivity contribution in [1.29, 1.82) is 0 Å². The zero-order chi connectivity index (χ0) is 22.7. The van der Waals surface area contributed by atoms with Crippen LogP contribution >= 0.6 is 0 Å². The molecule has 1 N–H and O–H groups in total. The number of carbonyl (C=O) groups is 1. The largest absolute Gasteiger partial charge is 0.454 e. The van der Waals surface area contributed by atoms with Gasteiger partial charge in [0.2, 0.25) is 12.7 Å². The van der Waals surface area contributed by atoms with Crippen LogP contribution in [0.5, 0.6) is 11.5 Å². The molecule has 0 aromatic heterocycles. The molecule has 2 fully saturated rings. The minimum atomic E-state index is -0.218. The molecule has 7 heteroatoms. The molecule has 0 radical (unpaired) electrons. The van der Waals surface area contributed by atoms with Gasteiger partial charge in [0.1, 0.15) is 5.82 Å². The maximum absolute atomic E-state index is 13.5. The van der Waals surface area contributed by atoms with Crippen molar-refractivity contribution in [3.63, 3.8) is 0 Å². The molecular weight excluding hydrogens is 423 g/mol. The summed E-state index contributed by atoms with van der Waals surface area (Å²) >= 11 is 0. The third-order valence-corrected chi connectivity index (χ3v) is 7.21. The molecule has 176 valence electrons. The van der Waals surface area contributed by atoms with Crippen molar-refractivity contribution in [1.82, 2.24) is 10.2 Å². The molecule has 0 aliphatic carbocycles. The van der Waals surface area contributed by atoms with E-state index in [0.717, 1.165) is 54.9 Å². The molecule has 2 aromatic carbocycles. The van der Waals surface area contributed by atoms with E-state index in [4.69, 9.17) is 14.2 Å². The van der Waals surface area contributed by atoms with Gasteiger partial charge in [0.25, 0.3) is 0 Å². The maximum atomic E-state index is 13.5. The highest BCUT2D eigenvalue weighted by Crippen LogP contribution is 2.40. The Labute approximate surface area is 194 Å². The van der Waals surface area contributed by atoms with Crippen molar-refractivity contribution in [2.75, 3.05) is 39.6 Å². The Morgan fingerprint density at radius 1 is 1.12 bits per heavy atom. The molecule has 0 spiro atoms. The maximum Gasteiger partial charge on any atom is 0.231 e. The molecule has 1 atom stereocenters. The fourth-order valence-corrected chi connectivity index (χ4v) is 5.26. The van der Waals surface area contributed by atoms with E-state index < -0.39 is 0 Å². The first kappa shape index (κ1) is 22.2. The zero-order valence-electron chi connectivity index (χ0n) is 18.9. The standard InChI is InChI=1S/C26H31FN2O4/c27-22-5-1-3-19(13-22)15-29-10-2-4-20(16-29)25(30)28-17-26(8-11-31-12-9-26)21-6-7-23-24(14-21)33-18-32-23/h1,3,5-7,13-14,20H,2,4,8-12,15-18H2,(H,28,30). The van der Waals surface area contributed by atoms with E-state index in [9.17, 15) is 9.18 Å². The summed E-state index contributed by atoms with van der Waals surface area (Å²) in [7, 11) is 0. The second-order valence-corrected chi connectivity index (χ2v) is 9.38. The van der Waals surface area contributed by atoms with Crippen LogP contribution in [0.25, 0.3) is 0 Å². The number of piperidine rings is 1. The molecule has 1 unspecified atom stereocenters. The number of ether oxygens (including phenoxy) is 3. The fourth-order valence-electron chi connectivity index (χ4n) is 5.26. The van der Waals surface area contributed by atoms with Crippen LogP contribution in [0.3, 0.4) is 0 Å². The van der Waals surface area contributed by atoms with Crippen LogP contribution < -0.4 is 14.8 Å². The lowest BCUT2D eigenvalue weighted by Crippen LogP contribution is -2.48. The van der Waals surface area contributed by atoms with Crippen molar-refractivity contribution in [3.8, 4) is 11.5 Å². The van der Waals surface area contributed by atoms with Crippen LogP contribution in [0.15, 0.2) is 42.5 Å². The normalized spacial score (nSPS) is 22.2. The van der Waals surface area contributed by atoms with Gasteiger partial charge < -0.3 is 19.5 Å². The van der Waals surface area contributed by atoms with E-state index in [1.165, 1.54) is 6.07 Å². The number of rotatable bonds is 6. The molecule has 2 saturated heterocycles. The fraction of sp³-hybridized carbons (Fsp3) is 0.500. The Morgan fingerprint density at radius 2 is 1.97 bits per heavy atom. The summed E-state index contributed by atoms with van der Waals surface area (Å²) in [6.45, 7) is 4.47. The topological polar surface area (TPSA) is 60.0 Å². The van der Waals surface area contributed by atoms with Gasteiger partial charge in [-0.1, -0.05) is 18.2 Å². The first-order valence-electron chi connectivity index (χ1n) is 11.8. The van der Waals surface area contributed by atoms with Gasteiger partial charge >= 0.3 is 0 Å². The molecular formula is C26H31FN2O4. The number of benzene rings is 2. The molecule has 0 saturated carbocycles. The summed E-state index contributed by atoms with van der Waals surface area (Å²) in [5.41, 5.74) is 1.93. The minimum Gasteiger partial charge on any atom is -0.454 e. The van der Waals surface area contributed by atoms with Crippen LogP contribution in [-0.2, 0) is 21.5 Å². The van der Waals surface area contributed by atoms with Gasteiger partial charge in [0.15, 0.2) is 11.5 Å². The second kappa shape index (κ2) is 9.69. The summed E-state index contributed by atoms with van der Waals surface area (Å²) < 4.78 is 30.2. The number of amides is 1. The highest BCUT2D eigenvalue weighted by Gasteiger charge is 2.37. The quantitative estimate of drug-likeness (QED) is 0.722. The Balaban J connectivity index is 1.23. The SMILES string of the molecule is O=C(NCC1(c2ccc3c(c2)OCO3)CCOCC1)C1CCCN(Cc2cccc(F)c2)C1. The minimum absolute atomic E-state index is 0.0547. The molecule has 3 aliphatic heterocycles. The lowest BCUT2D eigenvalue weighted by atomic mass is 9.74. The summed E-state index contributed by atoms with van der Waals surface area (Å²) in [6.07, 6.45) is 3.55. The van der Waals surface area contributed by atoms with E-state index in [1.54, 1.807) is 12.1 Å². The van der Waals surface area contributed by atoms with Gasteiger partial charge in [0.05, 0.1) is 5.92 Å². The van der Waals surface area contributed by atoms with Crippen molar-refractivity contribution in [3.05, 3.63) is 59.4 Å². The number of nitrogens with zero attached hydrogens (tertiary/aromatic N) is 1. The third kappa shape index (κ3) is 4.99. The highest BCUT2D eigenvalue weighted by molar-refractivity contribution is 5.79. The average Bonchev–Trinajstić information content (AvgIpc) is 3.31. The first-order valence-corrected chi connectivity index (χ1v) is 11.8. The lowest BCUT2D eigenvalue weighted by Gasteiger charge is -2.39. The number of hydrogen-bond acceptors (Lipinski definition) is 5. The Morgan fingerprint density at radius 3 is 2.82 bits per heavy atom. The van der Waals surface area contributed by atoms with Crippen LogP contribution in [0.2, 0.25) is 0 Å². The van der Waals surface area contributed by atoms with Gasteiger partial charge in [-0.2, -0.15) is 0 Å². The van der Waals surface area contributed by atoms with E-state index >= 15 is 0 Å². The van der Waals surface area contributed by atoms with Gasteiger partial charge in [0, 0.05) is 38.3 Å². The Kier molecular flexibility index (Phi) is 6.51. The van der Waals surface area contributed by atoms with Crippen LogP contribution in [0.4, 0.5) is 4.39 Å². The molecule has 0 bridgehead atoms. The van der Waals surface area contributed by atoms with Crippen LogP contribution in [-0.4, -0.2) is 50.4 Å². The molecule has 3 heterocycles. The first-order chi connectivity index (χ1) is 16.1. The Bertz CT molecular complexity index is 992. The zero-order valence-corrected chi connectivity index (χ0v) is 18.9. The van der Waals surface area contributed by atoms with E-state index in [1.807, 2.05) is 12.1 Å². The number of halogens is 1. The Hall–Kier alpha value is -2.64. The number of carbonyl (C=O) groups excluding carboxylic acids is 1. The van der Waals surface area contributed by atoms with Gasteiger partial charge in [-0.3, -0.25) is 9.69 Å². The van der Waals surface area contributed by atoms with E-state index in [0.29, 0.717) is 32.8 Å².